The van der Waals surface area contributed by atoms with Gasteiger partial charge in [0.15, 0.2) is 0 Å². The first-order valence-electron chi connectivity index (χ1n) is 7.21. The summed E-state index contributed by atoms with van der Waals surface area (Å²) in [5, 5.41) is 5.81. The molecule has 1 aromatic carbocycles. The third kappa shape index (κ3) is 3.69. The van der Waals surface area contributed by atoms with Crippen molar-refractivity contribution >= 4 is 11.3 Å². The molecule has 3 heteroatoms. The van der Waals surface area contributed by atoms with Gasteiger partial charge >= 0.3 is 0 Å². The maximum Gasteiger partial charge on any atom is 0.102 e. The number of aryl methyl sites for hydroxylation is 1. The summed E-state index contributed by atoms with van der Waals surface area (Å²) in [7, 11) is 0. The summed E-state index contributed by atoms with van der Waals surface area (Å²) >= 11 is 1.79. The average Bonchev–Trinajstić information content (AvgIpc) is 2.90. The molecule has 0 saturated carbocycles. The molecule has 2 unspecified atom stereocenters. The maximum absolute atomic E-state index is 6.05. The second-order valence-corrected chi connectivity index (χ2v) is 5.93. The van der Waals surface area contributed by atoms with E-state index < -0.39 is 0 Å². The van der Waals surface area contributed by atoms with E-state index in [-0.39, 0.29) is 12.1 Å². The monoisotopic (exact) mass is 289 g/mol. The highest BCUT2D eigenvalue weighted by Gasteiger charge is 2.25. The minimum atomic E-state index is 0.0511. The van der Waals surface area contributed by atoms with Crippen molar-refractivity contribution in [3.8, 4) is 0 Å². The Bertz CT molecular complexity index is 509. The Balaban J connectivity index is 2.32. The van der Waals surface area contributed by atoms with Gasteiger partial charge in [0, 0.05) is 11.5 Å². The van der Waals surface area contributed by atoms with E-state index in [4.69, 9.17) is 4.74 Å². The fraction of sp³-hybridized carbons (Fsp3) is 0.412. The highest BCUT2D eigenvalue weighted by atomic mass is 32.1. The van der Waals surface area contributed by atoms with E-state index >= 15 is 0 Å². The highest BCUT2D eigenvalue weighted by Crippen LogP contribution is 2.34. The number of hydrogen-bond acceptors (Lipinski definition) is 3. The van der Waals surface area contributed by atoms with Crippen LogP contribution in [-0.2, 0) is 4.74 Å². The molecule has 108 valence electrons. The Labute approximate surface area is 125 Å². The first-order valence-corrected chi connectivity index (χ1v) is 8.09. The summed E-state index contributed by atoms with van der Waals surface area (Å²) in [6, 6.07) is 12.9. The fourth-order valence-corrected chi connectivity index (χ4v) is 3.19. The van der Waals surface area contributed by atoms with Gasteiger partial charge in [-0.1, -0.05) is 37.3 Å². The fourth-order valence-electron chi connectivity index (χ4n) is 2.45. The second kappa shape index (κ2) is 7.58. The van der Waals surface area contributed by atoms with Crippen molar-refractivity contribution in [1.82, 2.24) is 5.32 Å². The minimum Gasteiger partial charge on any atom is -0.372 e. The van der Waals surface area contributed by atoms with Crippen LogP contribution in [0.1, 0.15) is 42.0 Å². The molecule has 2 aromatic rings. The highest BCUT2D eigenvalue weighted by molar-refractivity contribution is 7.10. The normalized spacial score (nSPS) is 14.2. The van der Waals surface area contributed by atoms with Crippen molar-refractivity contribution in [2.75, 3.05) is 13.2 Å². The lowest BCUT2D eigenvalue weighted by Crippen LogP contribution is -2.28. The zero-order valence-electron chi connectivity index (χ0n) is 12.4. The molecule has 1 aromatic heterocycles. The number of ether oxygens (including phenoxy) is 1. The van der Waals surface area contributed by atoms with Crippen LogP contribution in [-0.4, -0.2) is 13.2 Å². The molecule has 2 nitrogen and oxygen atoms in total. The van der Waals surface area contributed by atoms with E-state index in [1.165, 1.54) is 16.0 Å². The lowest BCUT2D eigenvalue weighted by Gasteiger charge is -2.28. The minimum absolute atomic E-state index is 0.0511. The summed E-state index contributed by atoms with van der Waals surface area (Å²) in [5.74, 6) is 0. The van der Waals surface area contributed by atoms with Gasteiger partial charge in [-0.15, -0.1) is 11.3 Å². The summed E-state index contributed by atoms with van der Waals surface area (Å²) in [4.78, 5) is 1.34. The largest absolute Gasteiger partial charge is 0.372 e. The van der Waals surface area contributed by atoms with E-state index in [0.717, 1.165) is 6.54 Å². The van der Waals surface area contributed by atoms with Crippen LogP contribution in [0.25, 0.3) is 0 Å². The first kappa shape index (κ1) is 15.2. The van der Waals surface area contributed by atoms with Crippen molar-refractivity contribution in [1.29, 1.82) is 0 Å². The molecular weight excluding hydrogens is 266 g/mol. The van der Waals surface area contributed by atoms with Crippen LogP contribution < -0.4 is 5.32 Å². The van der Waals surface area contributed by atoms with Gasteiger partial charge in [-0.3, -0.25) is 0 Å². The zero-order chi connectivity index (χ0) is 14.4. The van der Waals surface area contributed by atoms with Gasteiger partial charge in [-0.25, -0.2) is 0 Å². The molecule has 20 heavy (non-hydrogen) atoms. The van der Waals surface area contributed by atoms with Gasteiger partial charge in [0.2, 0.25) is 0 Å². The molecule has 2 rings (SSSR count). The van der Waals surface area contributed by atoms with E-state index in [0.29, 0.717) is 6.61 Å². The summed E-state index contributed by atoms with van der Waals surface area (Å²) in [6.45, 7) is 7.98. The van der Waals surface area contributed by atoms with Crippen LogP contribution in [0.15, 0.2) is 41.8 Å². The lowest BCUT2D eigenvalue weighted by atomic mass is 9.97. The van der Waals surface area contributed by atoms with Gasteiger partial charge in [0.25, 0.3) is 0 Å². The van der Waals surface area contributed by atoms with Crippen molar-refractivity contribution in [3.63, 3.8) is 0 Å². The summed E-state index contributed by atoms with van der Waals surface area (Å²) in [6.07, 6.45) is 0.0511. The third-order valence-corrected chi connectivity index (χ3v) is 4.19. The predicted octanol–water partition coefficient (Wildman–Crippen LogP) is 4.48. The molecule has 0 aliphatic rings. The molecule has 0 fully saturated rings. The number of hydrogen-bond donors (Lipinski definition) is 1. The van der Waals surface area contributed by atoms with Crippen molar-refractivity contribution in [2.45, 2.75) is 32.9 Å². The van der Waals surface area contributed by atoms with Crippen molar-refractivity contribution in [3.05, 3.63) is 57.8 Å². The smallest absolute Gasteiger partial charge is 0.102 e. The summed E-state index contributed by atoms with van der Waals surface area (Å²) < 4.78 is 6.05. The molecule has 0 amide bonds. The Morgan fingerprint density at radius 3 is 2.45 bits per heavy atom. The Kier molecular flexibility index (Phi) is 5.77. The molecule has 1 N–H and O–H groups in total. The standard InChI is InChI=1S/C17H23NOS/c1-4-18-16(15-11-13(3)20-12-15)17(19-5-2)14-9-7-6-8-10-14/h6-12,16-18H,4-5H2,1-3H3. The van der Waals surface area contributed by atoms with Crippen LogP contribution in [0.5, 0.6) is 0 Å². The first-order chi connectivity index (χ1) is 9.76. The molecule has 0 saturated heterocycles. The number of benzene rings is 1. The maximum atomic E-state index is 6.05. The topological polar surface area (TPSA) is 21.3 Å². The molecule has 0 radical (unpaired) electrons. The van der Waals surface area contributed by atoms with E-state index in [1.54, 1.807) is 11.3 Å². The Morgan fingerprint density at radius 2 is 1.90 bits per heavy atom. The number of likely N-dealkylation sites (N-methyl/N-ethyl adjacent to an activating group) is 1. The third-order valence-electron chi connectivity index (χ3n) is 3.31. The van der Waals surface area contributed by atoms with Gasteiger partial charge in [0.1, 0.15) is 6.10 Å². The van der Waals surface area contributed by atoms with Crippen molar-refractivity contribution in [2.24, 2.45) is 0 Å². The van der Waals surface area contributed by atoms with Crippen LogP contribution in [0.3, 0.4) is 0 Å². The molecular formula is C17H23NOS. The van der Waals surface area contributed by atoms with Crippen LogP contribution >= 0.6 is 11.3 Å². The van der Waals surface area contributed by atoms with E-state index in [9.17, 15) is 0 Å². The summed E-state index contributed by atoms with van der Waals surface area (Å²) in [5.41, 5.74) is 2.54. The average molecular weight is 289 g/mol. The van der Waals surface area contributed by atoms with Crippen LogP contribution in [0, 0.1) is 6.92 Å². The number of nitrogens with one attached hydrogen (secondary N) is 1. The number of rotatable bonds is 7. The molecule has 0 bridgehead atoms. The van der Waals surface area contributed by atoms with Gasteiger partial charge < -0.3 is 10.1 Å². The Hall–Kier alpha value is -1.16. The predicted molar refractivity (Wildman–Crippen MR) is 86.3 cm³/mol. The van der Waals surface area contributed by atoms with Crippen molar-refractivity contribution < 1.29 is 4.74 Å². The molecule has 0 aliphatic carbocycles. The molecule has 0 aliphatic heterocycles. The molecule has 2 atom stereocenters. The SMILES string of the molecule is CCNC(c1csc(C)c1)C(OCC)c1ccccc1. The zero-order valence-corrected chi connectivity index (χ0v) is 13.2. The Morgan fingerprint density at radius 1 is 1.15 bits per heavy atom. The lowest BCUT2D eigenvalue weighted by molar-refractivity contribution is 0.0332. The van der Waals surface area contributed by atoms with Gasteiger partial charge in [-0.05, 0) is 43.0 Å². The molecule has 1 heterocycles. The number of thiophene rings is 1. The second-order valence-electron chi connectivity index (χ2n) is 4.81. The van der Waals surface area contributed by atoms with Crippen LogP contribution in [0.4, 0.5) is 0 Å². The van der Waals surface area contributed by atoms with E-state index in [2.05, 4.69) is 61.8 Å². The van der Waals surface area contributed by atoms with Crippen LogP contribution in [0.2, 0.25) is 0 Å². The quantitative estimate of drug-likeness (QED) is 0.811. The molecule has 0 spiro atoms. The van der Waals surface area contributed by atoms with Gasteiger partial charge in [0.05, 0.1) is 6.04 Å². The van der Waals surface area contributed by atoms with E-state index in [1.807, 2.05) is 6.07 Å². The van der Waals surface area contributed by atoms with Gasteiger partial charge in [-0.2, -0.15) is 0 Å².